The van der Waals surface area contributed by atoms with Crippen molar-refractivity contribution >= 4 is 0 Å². The molecule has 0 saturated heterocycles. The van der Waals surface area contributed by atoms with Gasteiger partial charge >= 0.3 is 0 Å². The minimum Gasteiger partial charge on any atom is -0.329 e. The highest BCUT2D eigenvalue weighted by molar-refractivity contribution is 5.19. The van der Waals surface area contributed by atoms with Crippen molar-refractivity contribution in [3.63, 3.8) is 0 Å². The van der Waals surface area contributed by atoms with Crippen molar-refractivity contribution in [1.82, 2.24) is 9.55 Å². The van der Waals surface area contributed by atoms with Crippen LogP contribution in [0.25, 0.3) is 0 Å². The summed E-state index contributed by atoms with van der Waals surface area (Å²) >= 11 is 0. The lowest BCUT2D eigenvalue weighted by Crippen LogP contribution is -2.25. The Morgan fingerprint density at radius 3 is 1.81 bits per heavy atom. The fraction of sp³-hybridized carbons (Fsp3) is 0.786. The van der Waals surface area contributed by atoms with Gasteiger partial charge in [0.1, 0.15) is 5.82 Å². The molecule has 0 N–H and O–H groups in total. The van der Waals surface area contributed by atoms with Crippen LogP contribution >= 0.6 is 0 Å². The predicted molar refractivity (Wildman–Crippen MR) is 70.0 cm³/mol. The lowest BCUT2D eigenvalue weighted by Gasteiger charge is -2.28. The molecule has 0 bridgehead atoms. The van der Waals surface area contributed by atoms with Gasteiger partial charge in [-0.1, -0.05) is 41.5 Å². The monoisotopic (exact) mass is 222 g/mol. The molecule has 1 aromatic rings. The Kier molecular flexibility index (Phi) is 3.24. The molecule has 0 spiro atoms. The van der Waals surface area contributed by atoms with E-state index < -0.39 is 0 Å². The van der Waals surface area contributed by atoms with Crippen molar-refractivity contribution in [3.05, 3.63) is 17.7 Å². The molecule has 2 nitrogen and oxygen atoms in total. The molecular weight excluding hydrogens is 196 g/mol. The normalized spacial score (nSPS) is 13.6. The first-order valence-electron chi connectivity index (χ1n) is 6.13. The van der Waals surface area contributed by atoms with Gasteiger partial charge in [0.2, 0.25) is 0 Å². The number of hydrogen-bond donors (Lipinski definition) is 0. The minimum absolute atomic E-state index is 0.105. The highest BCUT2D eigenvalue weighted by Crippen LogP contribution is 2.31. The summed E-state index contributed by atoms with van der Waals surface area (Å²) < 4.78 is 2.39. The van der Waals surface area contributed by atoms with Crippen molar-refractivity contribution in [1.29, 1.82) is 0 Å². The molecule has 0 aromatic carbocycles. The van der Waals surface area contributed by atoms with Crippen molar-refractivity contribution in [3.8, 4) is 0 Å². The Hall–Kier alpha value is -0.790. The fourth-order valence-electron chi connectivity index (χ4n) is 1.99. The molecule has 0 saturated carbocycles. The van der Waals surface area contributed by atoms with Gasteiger partial charge in [-0.05, 0) is 13.8 Å². The smallest absolute Gasteiger partial charge is 0.114 e. The van der Waals surface area contributed by atoms with E-state index in [1.165, 1.54) is 11.5 Å². The zero-order chi connectivity index (χ0) is 12.7. The second-order valence-electron chi connectivity index (χ2n) is 6.93. The maximum Gasteiger partial charge on any atom is 0.114 e. The topological polar surface area (TPSA) is 17.8 Å². The molecule has 0 fully saturated rings. The summed E-state index contributed by atoms with van der Waals surface area (Å²) in [5, 5.41) is 0. The van der Waals surface area contributed by atoms with Crippen molar-refractivity contribution < 1.29 is 0 Å². The summed E-state index contributed by atoms with van der Waals surface area (Å²) in [6, 6.07) is 0.464. The van der Waals surface area contributed by atoms with E-state index in [0.717, 1.165) is 0 Å². The molecule has 0 aliphatic carbocycles. The van der Waals surface area contributed by atoms with E-state index in [2.05, 4.69) is 64.9 Å². The standard InChI is InChI=1S/C14H26N2/c1-10(2)16-11(13(3,4)5)9-15-12(16)14(6,7)8/h9-10H,1-8H3. The second-order valence-corrected chi connectivity index (χ2v) is 6.93. The zero-order valence-corrected chi connectivity index (χ0v) is 12.0. The Morgan fingerprint density at radius 2 is 1.50 bits per heavy atom. The predicted octanol–water partition coefficient (Wildman–Crippen LogP) is 4.06. The van der Waals surface area contributed by atoms with Gasteiger partial charge in [-0.25, -0.2) is 4.98 Å². The van der Waals surface area contributed by atoms with E-state index in [1.54, 1.807) is 0 Å². The number of nitrogens with zero attached hydrogens (tertiary/aromatic N) is 2. The second kappa shape index (κ2) is 3.90. The number of rotatable bonds is 1. The number of imidazole rings is 1. The first kappa shape index (κ1) is 13.3. The van der Waals surface area contributed by atoms with E-state index >= 15 is 0 Å². The summed E-state index contributed by atoms with van der Waals surface area (Å²) in [7, 11) is 0. The van der Waals surface area contributed by atoms with Gasteiger partial charge in [-0.3, -0.25) is 0 Å². The minimum atomic E-state index is 0.105. The quantitative estimate of drug-likeness (QED) is 0.700. The Morgan fingerprint density at radius 1 is 1.00 bits per heavy atom. The lowest BCUT2D eigenvalue weighted by molar-refractivity contribution is 0.429. The molecule has 0 aliphatic heterocycles. The molecule has 0 unspecified atom stereocenters. The van der Waals surface area contributed by atoms with E-state index in [-0.39, 0.29) is 10.8 Å². The van der Waals surface area contributed by atoms with Crippen molar-refractivity contribution in [2.75, 3.05) is 0 Å². The highest BCUT2D eigenvalue weighted by atomic mass is 15.1. The fourth-order valence-corrected chi connectivity index (χ4v) is 1.99. The summed E-state index contributed by atoms with van der Waals surface area (Å²) in [6.07, 6.45) is 2.04. The molecule has 1 aromatic heterocycles. The van der Waals surface area contributed by atoms with Gasteiger partial charge in [0.25, 0.3) is 0 Å². The van der Waals surface area contributed by atoms with Crippen LogP contribution in [0.1, 0.15) is 73.0 Å². The molecule has 0 aliphatic rings. The Balaban J connectivity index is 3.41. The van der Waals surface area contributed by atoms with Gasteiger partial charge in [0.05, 0.1) is 0 Å². The van der Waals surface area contributed by atoms with Crippen molar-refractivity contribution in [2.45, 2.75) is 72.3 Å². The number of hydrogen-bond acceptors (Lipinski definition) is 1. The molecule has 1 rings (SSSR count). The van der Waals surface area contributed by atoms with E-state index in [1.807, 2.05) is 6.20 Å². The van der Waals surface area contributed by atoms with E-state index in [0.29, 0.717) is 6.04 Å². The average molecular weight is 222 g/mol. The van der Waals surface area contributed by atoms with Crippen LogP contribution in [0.2, 0.25) is 0 Å². The first-order valence-corrected chi connectivity index (χ1v) is 6.13. The van der Waals surface area contributed by atoms with Crippen LogP contribution < -0.4 is 0 Å². The summed E-state index contributed by atoms with van der Waals surface area (Å²) in [5.74, 6) is 1.19. The van der Waals surface area contributed by atoms with Gasteiger partial charge < -0.3 is 4.57 Å². The largest absolute Gasteiger partial charge is 0.329 e. The van der Waals surface area contributed by atoms with Crippen LogP contribution in [-0.2, 0) is 10.8 Å². The third kappa shape index (κ3) is 2.47. The van der Waals surface area contributed by atoms with Crippen LogP contribution in [0.3, 0.4) is 0 Å². The zero-order valence-electron chi connectivity index (χ0n) is 12.0. The van der Waals surface area contributed by atoms with Gasteiger partial charge in [-0.2, -0.15) is 0 Å². The van der Waals surface area contributed by atoms with E-state index in [9.17, 15) is 0 Å². The molecule has 0 amide bonds. The van der Waals surface area contributed by atoms with E-state index in [4.69, 9.17) is 0 Å². The molecule has 92 valence electrons. The highest BCUT2D eigenvalue weighted by Gasteiger charge is 2.28. The first-order chi connectivity index (χ1) is 7.05. The van der Waals surface area contributed by atoms with Gasteiger partial charge in [-0.15, -0.1) is 0 Å². The average Bonchev–Trinajstić information content (AvgIpc) is 2.43. The Labute approximate surface area is 100 Å². The van der Waals surface area contributed by atoms with Gasteiger partial charge in [0, 0.05) is 28.8 Å². The summed E-state index contributed by atoms with van der Waals surface area (Å²) in [4.78, 5) is 4.64. The summed E-state index contributed by atoms with van der Waals surface area (Å²) in [6.45, 7) is 17.9. The molecular formula is C14H26N2. The Bertz CT molecular complexity index is 328. The maximum atomic E-state index is 4.64. The molecule has 2 heteroatoms. The molecule has 16 heavy (non-hydrogen) atoms. The van der Waals surface area contributed by atoms with Crippen LogP contribution in [0.5, 0.6) is 0 Å². The van der Waals surface area contributed by atoms with Crippen LogP contribution in [0.15, 0.2) is 6.20 Å². The summed E-state index contributed by atoms with van der Waals surface area (Å²) in [5.41, 5.74) is 1.58. The maximum absolute atomic E-state index is 4.64. The van der Waals surface area contributed by atoms with Crippen LogP contribution in [-0.4, -0.2) is 9.55 Å². The lowest BCUT2D eigenvalue weighted by atomic mass is 9.91. The van der Waals surface area contributed by atoms with Crippen LogP contribution in [0, 0.1) is 0 Å². The molecule has 0 atom stereocenters. The third-order valence-corrected chi connectivity index (χ3v) is 2.75. The van der Waals surface area contributed by atoms with Crippen molar-refractivity contribution in [2.24, 2.45) is 0 Å². The molecule has 0 radical (unpaired) electrons. The third-order valence-electron chi connectivity index (χ3n) is 2.75. The number of aromatic nitrogens is 2. The molecule has 1 heterocycles. The SMILES string of the molecule is CC(C)n1c(C(C)(C)C)cnc1C(C)(C)C. The van der Waals surface area contributed by atoms with Crippen LogP contribution in [0.4, 0.5) is 0 Å². The van der Waals surface area contributed by atoms with Gasteiger partial charge in [0.15, 0.2) is 0 Å².